The smallest absolute Gasteiger partial charge is 0.227 e. The second-order valence-corrected chi connectivity index (χ2v) is 6.63. The van der Waals surface area contributed by atoms with Gasteiger partial charge in [-0.3, -0.25) is 0 Å². The van der Waals surface area contributed by atoms with Crippen LogP contribution in [-0.2, 0) is 16.8 Å². The summed E-state index contributed by atoms with van der Waals surface area (Å²) < 4.78 is 11.1. The summed E-state index contributed by atoms with van der Waals surface area (Å²) in [6, 6.07) is 1.42. The van der Waals surface area contributed by atoms with Gasteiger partial charge in [0.05, 0.1) is 0 Å². The molecule has 2 aliphatic rings. The lowest BCUT2D eigenvalue weighted by Crippen LogP contribution is -2.38. The summed E-state index contributed by atoms with van der Waals surface area (Å²) in [7, 11) is 0. The van der Waals surface area contributed by atoms with Crippen molar-refractivity contribution >= 4 is 0 Å². The minimum atomic E-state index is -0.469. The number of nitrogens with one attached hydrogen (secondary N) is 1. The molecule has 0 spiro atoms. The van der Waals surface area contributed by atoms with Crippen LogP contribution in [-0.4, -0.2) is 28.8 Å². The molecule has 2 atom stereocenters. The number of rotatable bonds is 5. The summed E-state index contributed by atoms with van der Waals surface area (Å²) in [5, 5.41) is 7.76. The average molecular weight is 279 g/mol. The fourth-order valence-corrected chi connectivity index (χ4v) is 3.60. The summed E-state index contributed by atoms with van der Waals surface area (Å²) in [6.45, 7) is 6.59. The lowest BCUT2D eigenvalue weighted by Gasteiger charge is -2.28. The summed E-state index contributed by atoms with van der Waals surface area (Å²) in [5.74, 6) is 2.10. The zero-order chi connectivity index (χ0) is 14.2. The quantitative estimate of drug-likeness (QED) is 0.897. The lowest BCUT2D eigenvalue weighted by atomic mass is 9.90. The van der Waals surface area contributed by atoms with E-state index in [0.717, 1.165) is 12.3 Å². The Labute approximate surface area is 120 Å². The molecule has 0 aromatic carbocycles. The van der Waals surface area contributed by atoms with Crippen molar-refractivity contribution in [1.29, 1.82) is 0 Å². The van der Waals surface area contributed by atoms with Crippen LogP contribution < -0.4 is 5.32 Å². The van der Waals surface area contributed by atoms with Crippen LogP contribution in [0, 0.1) is 5.92 Å². The molecule has 2 aliphatic heterocycles. The van der Waals surface area contributed by atoms with Crippen molar-refractivity contribution in [2.75, 3.05) is 6.61 Å². The predicted molar refractivity (Wildman–Crippen MR) is 75.3 cm³/mol. The van der Waals surface area contributed by atoms with E-state index in [-0.39, 0.29) is 0 Å². The van der Waals surface area contributed by atoms with Crippen LogP contribution in [0.15, 0.2) is 4.52 Å². The molecule has 0 radical (unpaired) electrons. The molecular weight excluding hydrogens is 254 g/mol. The first-order valence-electron chi connectivity index (χ1n) is 7.80. The van der Waals surface area contributed by atoms with Crippen molar-refractivity contribution in [3.05, 3.63) is 11.7 Å². The van der Waals surface area contributed by atoms with E-state index in [0.29, 0.717) is 30.4 Å². The molecule has 112 valence electrons. The standard InChI is InChI=1S/C15H25N3O2/c1-4-19-15(2,3)14-17-13(20-18-14)9-10-7-11-5-6-12(8-10)16-11/h10-12,16H,4-9H2,1-3H3. The number of nitrogens with zero attached hydrogens (tertiary/aromatic N) is 2. The summed E-state index contributed by atoms with van der Waals surface area (Å²) >= 11 is 0. The van der Waals surface area contributed by atoms with Crippen LogP contribution in [0.25, 0.3) is 0 Å². The summed E-state index contributed by atoms with van der Waals surface area (Å²) in [6.07, 6.45) is 6.04. The van der Waals surface area contributed by atoms with E-state index in [2.05, 4.69) is 15.5 Å². The molecule has 5 heteroatoms. The Balaban J connectivity index is 1.62. The zero-order valence-electron chi connectivity index (χ0n) is 12.7. The van der Waals surface area contributed by atoms with E-state index in [9.17, 15) is 0 Å². The van der Waals surface area contributed by atoms with E-state index in [4.69, 9.17) is 9.26 Å². The maximum absolute atomic E-state index is 5.67. The van der Waals surface area contributed by atoms with Gasteiger partial charge in [-0.15, -0.1) is 0 Å². The number of hydrogen-bond acceptors (Lipinski definition) is 5. The van der Waals surface area contributed by atoms with Gasteiger partial charge in [0.25, 0.3) is 0 Å². The van der Waals surface area contributed by atoms with Crippen molar-refractivity contribution in [1.82, 2.24) is 15.5 Å². The van der Waals surface area contributed by atoms with Gasteiger partial charge in [-0.2, -0.15) is 4.98 Å². The second kappa shape index (κ2) is 5.45. The molecule has 1 aromatic heterocycles. The molecule has 3 heterocycles. The minimum Gasteiger partial charge on any atom is -0.368 e. The molecule has 1 aromatic rings. The van der Waals surface area contributed by atoms with Crippen molar-refractivity contribution < 1.29 is 9.26 Å². The monoisotopic (exact) mass is 279 g/mol. The predicted octanol–water partition coefficient (Wildman–Crippen LogP) is 2.41. The van der Waals surface area contributed by atoms with Crippen molar-refractivity contribution in [3.63, 3.8) is 0 Å². The molecule has 2 fully saturated rings. The second-order valence-electron chi connectivity index (χ2n) is 6.63. The van der Waals surface area contributed by atoms with Gasteiger partial charge < -0.3 is 14.6 Å². The maximum atomic E-state index is 5.67. The average Bonchev–Trinajstić information content (AvgIpc) is 2.97. The Bertz CT molecular complexity index is 446. The van der Waals surface area contributed by atoms with E-state index < -0.39 is 5.60 Å². The molecule has 20 heavy (non-hydrogen) atoms. The van der Waals surface area contributed by atoms with E-state index in [1.54, 1.807) is 0 Å². The van der Waals surface area contributed by atoms with Gasteiger partial charge in [0, 0.05) is 25.1 Å². The third-order valence-corrected chi connectivity index (χ3v) is 4.55. The van der Waals surface area contributed by atoms with Gasteiger partial charge in [0.2, 0.25) is 11.7 Å². The van der Waals surface area contributed by atoms with Gasteiger partial charge in [-0.1, -0.05) is 5.16 Å². The Kier molecular flexibility index (Phi) is 3.82. The Morgan fingerprint density at radius 2 is 2.00 bits per heavy atom. The minimum absolute atomic E-state index is 0.469. The Morgan fingerprint density at radius 1 is 1.30 bits per heavy atom. The Morgan fingerprint density at radius 3 is 2.65 bits per heavy atom. The molecule has 2 saturated heterocycles. The number of aromatic nitrogens is 2. The largest absolute Gasteiger partial charge is 0.368 e. The highest BCUT2D eigenvalue weighted by Crippen LogP contribution is 2.33. The highest BCUT2D eigenvalue weighted by atomic mass is 16.5. The molecule has 0 saturated carbocycles. The van der Waals surface area contributed by atoms with E-state index in [1.807, 2.05) is 20.8 Å². The Hall–Kier alpha value is -0.940. The normalized spacial score (nSPS) is 29.9. The molecule has 3 rings (SSSR count). The van der Waals surface area contributed by atoms with Crippen LogP contribution in [0.3, 0.4) is 0 Å². The molecular formula is C15H25N3O2. The number of fused-ring (bicyclic) bond motifs is 2. The maximum Gasteiger partial charge on any atom is 0.227 e. The molecule has 2 unspecified atom stereocenters. The summed E-state index contributed by atoms with van der Waals surface area (Å²) in [5.41, 5.74) is -0.469. The van der Waals surface area contributed by atoms with Crippen LogP contribution in [0.1, 0.15) is 58.2 Å². The fourth-order valence-electron chi connectivity index (χ4n) is 3.60. The van der Waals surface area contributed by atoms with Gasteiger partial charge in [-0.25, -0.2) is 0 Å². The molecule has 5 nitrogen and oxygen atoms in total. The van der Waals surface area contributed by atoms with E-state index >= 15 is 0 Å². The van der Waals surface area contributed by atoms with E-state index in [1.165, 1.54) is 25.7 Å². The fraction of sp³-hybridized carbons (Fsp3) is 0.867. The van der Waals surface area contributed by atoms with Crippen LogP contribution in [0.4, 0.5) is 0 Å². The highest BCUT2D eigenvalue weighted by molar-refractivity contribution is 5.00. The third kappa shape index (κ3) is 2.88. The van der Waals surface area contributed by atoms with Gasteiger partial charge in [-0.05, 0) is 52.4 Å². The van der Waals surface area contributed by atoms with Crippen molar-refractivity contribution in [3.8, 4) is 0 Å². The van der Waals surface area contributed by atoms with Crippen LogP contribution >= 0.6 is 0 Å². The molecule has 1 N–H and O–H groups in total. The first-order chi connectivity index (χ1) is 9.56. The topological polar surface area (TPSA) is 60.2 Å². The van der Waals surface area contributed by atoms with Gasteiger partial charge >= 0.3 is 0 Å². The summed E-state index contributed by atoms with van der Waals surface area (Å²) in [4.78, 5) is 4.54. The van der Waals surface area contributed by atoms with Crippen molar-refractivity contribution in [2.45, 2.75) is 70.6 Å². The van der Waals surface area contributed by atoms with Gasteiger partial charge in [0.15, 0.2) is 0 Å². The van der Waals surface area contributed by atoms with Crippen molar-refractivity contribution in [2.24, 2.45) is 5.92 Å². The number of hydrogen-bond donors (Lipinski definition) is 1. The van der Waals surface area contributed by atoms with Crippen LogP contribution in [0.5, 0.6) is 0 Å². The first-order valence-corrected chi connectivity index (χ1v) is 7.80. The third-order valence-electron chi connectivity index (χ3n) is 4.55. The zero-order valence-corrected chi connectivity index (χ0v) is 12.7. The molecule has 0 amide bonds. The van der Waals surface area contributed by atoms with Gasteiger partial charge in [0.1, 0.15) is 5.60 Å². The number of ether oxygens (including phenoxy) is 1. The highest BCUT2D eigenvalue weighted by Gasteiger charge is 2.34. The van der Waals surface area contributed by atoms with Crippen LogP contribution in [0.2, 0.25) is 0 Å². The number of piperidine rings is 1. The first kappa shape index (κ1) is 14.0. The molecule has 2 bridgehead atoms. The lowest BCUT2D eigenvalue weighted by molar-refractivity contribution is -0.0221. The SMILES string of the molecule is CCOC(C)(C)c1noc(CC2CC3CCC(C2)N3)n1. The molecule has 0 aliphatic carbocycles.